The van der Waals surface area contributed by atoms with Gasteiger partial charge in [0.15, 0.2) is 0 Å². The second-order valence-electron chi connectivity index (χ2n) is 13.5. The molecule has 7 aromatic carbocycles. The van der Waals surface area contributed by atoms with Gasteiger partial charge >= 0.3 is 21.1 Å². The molecule has 0 aliphatic heterocycles. The summed E-state index contributed by atoms with van der Waals surface area (Å²) < 4.78 is 22.6. The number of imidazole rings is 1. The molecule has 4 heterocycles. The van der Waals surface area contributed by atoms with Gasteiger partial charge in [-0.05, 0) is 75.6 Å². The molecule has 0 unspecified atom stereocenters. The van der Waals surface area contributed by atoms with E-state index in [2.05, 4.69) is 106 Å². The van der Waals surface area contributed by atoms with E-state index >= 15 is 0 Å². The zero-order valence-electron chi connectivity index (χ0n) is 31.3. The summed E-state index contributed by atoms with van der Waals surface area (Å²) in [6.45, 7) is 0. The van der Waals surface area contributed by atoms with Crippen LogP contribution in [0, 0.1) is 6.07 Å². The average Bonchev–Trinajstić information content (AvgIpc) is 3.94. The van der Waals surface area contributed by atoms with Gasteiger partial charge in [0, 0.05) is 25.7 Å². The van der Waals surface area contributed by atoms with Crippen LogP contribution in [0.3, 0.4) is 0 Å². The molecule has 0 saturated heterocycles. The van der Waals surface area contributed by atoms with Crippen LogP contribution in [-0.2, 0) is 27.4 Å². The molecule has 11 rings (SSSR count). The van der Waals surface area contributed by atoms with E-state index in [0.29, 0.717) is 11.1 Å². The summed E-state index contributed by atoms with van der Waals surface area (Å²) in [4.78, 5) is 15.3. The zero-order chi connectivity index (χ0) is 37.4. The first-order valence-electron chi connectivity index (χ1n) is 19.0. The topological polar surface area (TPSA) is 49.7 Å². The second-order valence-corrected chi connectivity index (χ2v) is 13.5. The van der Waals surface area contributed by atoms with Gasteiger partial charge in [0.05, 0.1) is 11.0 Å². The third-order valence-electron chi connectivity index (χ3n) is 10.3. The summed E-state index contributed by atoms with van der Waals surface area (Å²) in [5.74, 6) is 1.58. The standard InChI is InChI=1S/C49H31N5.Pt/c1-3-13-32(14-4-1)29-33-24-27-43-41(30-33)38-26-25-34(31-45(38)54(43)46-23-9-10-28-50-46)36-18-12-22-44-48(36)52-49(53(44)35-15-5-2-6-16-35)40-20-11-19-39-37-17-7-8-21-42(37)51-47(39)40;/h1-28,30H,29H2;/q-2;+2/i29D2;. The Labute approximate surface area is 334 Å². The molecule has 0 radical (unpaired) electrons. The van der Waals surface area contributed by atoms with E-state index in [9.17, 15) is 0 Å². The Balaban J connectivity index is 0.00000396. The molecule has 0 spiro atoms. The van der Waals surface area contributed by atoms with E-state index in [4.69, 9.17) is 17.7 Å². The van der Waals surface area contributed by atoms with Crippen LogP contribution in [0.2, 0.25) is 0 Å². The van der Waals surface area contributed by atoms with Crippen LogP contribution in [0.5, 0.6) is 0 Å². The number of para-hydroxylation sites is 4. The fourth-order valence-electron chi connectivity index (χ4n) is 7.91. The predicted molar refractivity (Wildman–Crippen MR) is 220 cm³/mol. The first kappa shape index (κ1) is 30.9. The maximum Gasteiger partial charge on any atom is 2.00 e. The van der Waals surface area contributed by atoms with E-state index in [1.54, 1.807) is 6.20 Å². The van der Waals surface area contributed by atoms with Crippen molar-refractivity contribution >= 4 is 54.6 Å². The molecule has 0 fully saturated rings. The minimum atomic E-state index is -1.68. The maximum absolute atomic E-state index is 9.13. The van der Waals surface area contributed by atoms with Crippen LogP contribution in [0.25, 0.3) is 88.7 Å². The molecule has 0 atom stereocenters. The van der Waals surface area contributed by atoms with E-state index in [1.807, 2.05) is 78.9 Å². The molecule has 55 heavy (non-hydrogen) atoms. The fourth-order valence-corrected chi connectivity index (χ4v) is 7.91. The third kappa shape index (κ3) is 5.42. The first-order chi connectivity index (χ1) is 27.5. The van der Waals surface area contributed by atoms with Crippen molar-refractivity contribution in [2.24, 2.45) is 0 Å². The summed E-state index contributed by atoms with van der Waals surface area (Å²) in [5, 5.41) is 4.12. The molecule has 0 aliphatic rings. The molecular weight excluding hydrogens is 854 g/mol. The van der Waals surface area contributed by atoms with Gasteiger partial charge in [0.2, 0.25) is 0 Å². The van der Waals surface area contributed by atoms with Gasteiger partial charge in [-0.15, -0.1) is 34.8 Å². The van der Waals surface area contributed by atoms with Gasteiger partial charge in [-0.25, -0.2) is 9.97 Å². The molecule has 4 aromatic heterocycles. The second kappa shape index (κ2) is 13.4. The Bertz CT molecular complexity index is 3280. The Morgan fingerprint density at radius 2 is 1.35 bits per heavy atom. The number of nitrogens with zero attached hydrogens (tertiary/aromatic N) is 5. The van der Waals surface area contributed by atoms with E-state index in [-0.39, 0.29) is 21.1 Å². The van der Waals surface area contributed by atoms with E-state index < -0.39 is 6.37 Å². The molecule has 5 nitrogen and oxygen atoms in total. The number of hydrogen-bond donors (Lipinski definition) is 0. The van der Waals surface area contributed by atoms with Crippen LogP contribution in [0.4, 0.5) is 0 Å². The number of rotatable bonds is 6. The van der Waals surface area contributed by atoms with Crippen LogP contribution >= 0.6 is 0 Å². The summed E-state index contributed by atoms with van der Waals surface area (Å²) in [5.41, 5.74) is 10.5. The normalized spacial score (nSPS) is 12.4. The van der Waals surface area contributed by atoms with Gasteiger partial charge in [-0.3, -0.25) is 4.57 Å². The number of hydrogen-bond acceptors (Lipinski definition) is 2. The summed E-state index contributed by atoms with van der Waals surface area (Å²) in [6.07, 6.45) is 0.112. The van der Waals surface area contributed by atoms with Crippen LogP contribution in [-0.4, -0.2) is 19.1 Å². The summed E-state index contributed by atoms with van der Waals surface area (Å²) in [7, 11) is 0. The number of benzene rings is 7. The van der Waals surface area contributed by atoms with Gasteiger partial charge in [-0.1, -0.05) is 132 Å². The van der Waals surface area contributed by atoms with Crippen LogP contribution < -0.4 is 4.98 Å². The van der Waals surface area contributed by atoms with Gasteiger partial charge < -0.3 is 9.55 Å². The minimum Gasteiger partial charge on any atom is -0.656 e. The molecular formula is C49H31N5Pt. The Morgan fingerprint density at radius 1 is 0.582 bits per heavy atom. The molecule has 0 N–H and O–H groups in total. The zero-order valence-corrected chi connectivity index (χ0v) is 31.6. The van der Waals surface area contributed by atoms with Gasteiger partial charge in [0.25, 0.3) is 0 Å². The molecule has 0 amide bonds. The first-order valence-corrected chi connectivity index (χ1v) is 18.0. The Hall–Kier alpha value is -6.55. The van der Waals surface area contributed by atoms with E-state index in [1.165, 1.54) is 0 Å². The van der Waals surface area contributed by atoms with Crippen LogP contribution in [0.15, 0.2) is 176 Å². The van der Waals surface area contributed by atoms with Crippen molar-refractivity contribution in [3.63, 3.8) is 0 Å². The van der Waals surface area contributed by atoms with Crippen molar-refractivity contribution in [2.75, 3.05) is 0 Å². The van der Waals surface area contributed by atoms with Crippen molar-refractivity contribution in [3.8, 4) is 34.0 Å². The maximum atomic E-state index is 9.13. The molecule has 0 bridgehead atoms. The molecule has 0 saturated carbocycles. The largest absolute Gasteiger partial charge is 2.00 e. The van der Waals surface area contributed by atoms with Crippen molar-refractivity contribution in [3.05, 3.63) is 193 Å². The molecule has 11 aromatic rings. The number of pyridine rings is 1. The molecule has 262 valence electrons. The molecule has 6 heteroatoms. The van der Waals surface area contributed by atoms with Crippen LogP contribution in [0.1, 0.15) is 13.9 Å². The predicted octanol–water partition coefficient (Wildman–Crippen LogP) is 11.5. The number of aromatic nitrogens is 5. The number of fused-ring (bicyclic) bond motifs is 7. The summed E-state index contributed by atoms with van der Waals surface area (Å²) in [6, 6.07) is 60.5. The Kier molecular flexibility index (Phi) is 7.51. The fraction of sp³-hybridized carbons (Fsp3) is 0.0204. The van der Waals surface area contributed by atoms with Gasteiger partial charge in [0.1, 0.15) is 11.6 Å². The van der Waals surface area contributed by atoms with Gasteiger partial charge in [-0.2, -0.15) is 0 Å². The Morgan fingerprint density at radius 3 is 2.20 bits per heavy atom. The molecule has 0 aliphatic carbocycles. The van der Waals surface area contributed by atoms with Crippen molar-refractivity contribution in [1.29, 1.82) is 0 Å². The van der Waals surface area contributed by atoms with Crippen molar-refractivity contribution in [2.45, 2.75) is 6.37 Å². The van der Waals surface area contributed by atoms with E-state index in [0.717, 1.165) is 88.7 Å². The quantitative estimate of drug-likeness (QED) is 0.156. The monoisotopic (exact) mass is 886 g/mol. The smallest absolute Gasteiger partial charge is 0.656 e. The van der Waals surface area contributed by atoms with Crippen molar-refractivity contribution < 1.29 is 23.8 Å². The van der Waals surface area contributed by atoms with Crippen molar-refractivity contribution in [1.82, 2.24) is 24.1 Å². The summed E-state index contributed by atoms with van der Waals surface area (Å²) >= 11 is 0. The average molecular weight is 887 g/mol. The third-order valence-corrected chi connectivity index (χ3v) is 10.3. The minimum absolute atomic E-state index is 0. The SMILES string of the molecule is [2H]C([2H])(c1ccccc1)c1ccc2c(c1)c1ccc(-c3cccc4c3nc(-c3cccc5c3[n-]c3ccccc35)n4-c3ccccc3)[c-]c1n2-c1ccccn1.[Pt+2].